The van der Waals surface area contributed by atoms with Gasteiger partial charge in [-0.2, -0.15) is 0 Å². The van der Waals surface area contributed by atoms with Crippen LogP contribution in [0, 0.1) is 6.92 Å². The fourth-order valence-corrected chi connectivity index (χ4v) is 2.87. The molecule has 0 aromatic heterocycles. The van der Waals surface area contributed by atoms with Gasteiger partial charge in [0.25, 0.3) is 11.1 Å². The van der Waals surface area contributed by atoms with Crippen LogP contribution in [-0.2, 0) is 4.79 Å². The zero-order valence-corrected chi connectivity index (χ0v) is 12.1. The number of aryl methyl sites for hydroxylation is 1. The minimum Gasteiger partial charge on any atom is -0.508 e. The highest BCUT2D eigenvalue weighted by atomic mass is 79.9. The fraction of sp³-hybridized carbons (Fsp3) is 0.167. The number of hydrogen-bond acceptors (Lipinski definition) is 4. The standard InChI is InChI=1S/C12H10BrNO3S/c1-6-3-8(13)7(4-9(6)15)5-10-11(16)14(2)12(17)18-10/h3-5,15H,1-2H3/b10-5-. The van der Waals surface area contributed by atoms with Crippen molar-refractivity contribution in [2.75, 3.05) is 7.05 Å². The van der Waals surface area contributed by atoms with E-state index in [1.165, 1.54) is 7.05 Å². The molecular weight excluding hydrogens is 318 g/mol. The van der Waals surface area contributed by atoms with E-state index >= 15 is 0 Å². The molecular formula is C12H10BrNO3S. The normalized spacial score (nSPS) is 17.9. The molecule has 2 amide bonds. The maximum atomic E-state index is 11.7. The Morgan fingerprint density at radius 3 is 2.61 bits per heavy atom. The molecule has 0 unspecified atom stereocenters. The van der Waals surface area contributed by atoms with E-state index in [1.54, 1.807) is 25.1 Å². The summed E-state index contributed by atoms with van der Waals surface area (Å²) in [5, 5.41) is 9.36. The Bertz CT molecular complexity index is 583. The van der Waals surface area contributed by atoms with Crippen LogP contribution in [0.15, 0.2) is 21.5 Å². The van der Waals surface area contributed by atoms with Crippen molar-refractivity contribution < 1.29 is 14.7 Å². The molecule has 1 aliphatic heterocycles. The number of carbonyl (C=O) groups is 2. The SMILES string of the molecule is Cc1cc(Br)c(/C=C2\SC(=O)N(C)C2=O)cc1O. The third-order valence-corrected chi connectivity index (χ3v) is 4.24. The van der Waals surface area contributed by atoms with Crippen molar-refractivity contribution in [3.05, 3.63) is 32.6 Å². The minimum absolute atomic E-state index is 0.153. The molecule has 0 bridgehead atoms. The summed E-state index contributed by atoms with van der Waals surface area (Å²) in [6.07, 6.45) is 1.59. The number of aromatic hydroxyl groups is 1. The van der Waals surface area contributed by atoms with Crippen molar-refractivity contribution in [2.45, 2.75) is 6.92 Å². The van der Waals surface area contributed by atoms with Gasteiger partial charge in [-0.1, -0.05) is 15.9 Å². The van der Waals surface area contributed by atoms with Crippen molar-refractivity contribution in [3.63, 3.8) is 0 Å². The van der Waals surface area contributed by atoms with Gasteiger partial charge in [-0.05, 0) is 48.0 Å². The van der Waals surface area contributed by atoms with Crippen molar-refractivity contribution in [3.8, 4) is 5.75 Å². The third kappa shape index (κ3) is 2.30. The molecule has 0 spiro atoms. The average molecular weight is 328 g/mol. The Hall–Kier alpha value is -1.27. The van der Waals surface area contributed by atoms with Crippen LogP contribution in [0.25, 0.3) is 6.08 Å². The second kappa shape index (κ2) is 4.78. The summed E-state index contributed by atoms with van der Waals surface area (Å²) in [5.74, 6) is -0.169. The van der Waals surface area contributed by atoms with E-state index in [9.17, 15) is 14.7 Å². The van der Waals surface area contributed by atoms with Crippen LogP contribution in [-0.4, -0.2) is 28.2 Å². The molecule has 1 saturated heterocycles. The summed E-state index contributed by atoms with van der Waals surface area (Å²) in [5.41, 5.74) is 1.40. The average Bonchev–Trinajstić information content (AvgIpc) is 2.54. The number of carbonyl (C=O) groups excluding carboxylic acids is 2. The van der Waals surface area contributed by atoms with Crippen LogP contribution >= 0.6 is 27.7 Å². The highest BCUT2D eigenvalue weighted by Crippen LogP contribution is 2.34. The second-order valence-electron chi connectivity index (χ2n) is 3.90. The Morgan fingerprint density at radius 1 is 1.39 bits per heavy atom. The number of thioether (sulfide) groups is 1. The number of nitrogens with zero attached hydrogens (tertiary/aromatic N) is 1. The Balaban J connectivity index is 2.43. The molecule has 1 aromatic carbocycles. The van der Waals surface area contributed by atoms with Gasteiger partial charge in [-0.15, -0.1) is 0 Å². The van der Waals surface area contributed by atoms with Crippen LogP contribution in [0.2, 0.25) is 0 Å². The number of amides is 2. The maximum absolute atomic E-state index is 11.7. The van der Waals surface area contributed by atoms with E-state index in [0.29, 0.717) is 10.5 Å². The smallest absolute Gasteiger partial charge is 0.293 e. The van der Waals surface area contributed by atoms with E-state index in [0.717, 1.165) is 26.7 Å². The van der Waals surface area contributed by atoms with E-state index < -0.39 is 0 Å². The largest absolute Gasteiger partial charge is 0.508 e. The number of imide groups is 1. The highest BCUT2D eigenvalue weighted by molar-refractivity contribution is 9.10. The predicted molar refractivity (Wildman–Crippen MR) is 74.3 cm³/mol. The zero-order chi connectivity index (χ0) is 13.4. The maximum Gasteiger partial charge on any atom is 0.293 e. The van der Waals surface area contributed by atoms with Gasteiger partial charge in [0.1, 0.15) is 5.75 Å². The zero-order valence-electron chi connectivity index (χ0n) is 9.73. The van der Waals surface area contributed by atoms with Crippen LogP contribution in [0.3, 0.4) is 0 Å². The molecule has 2 rings (SSSR count). The fourth-order valence-electron chi connectivity index (χ4n) is 1.47. The van der Waals surface area contributed by atoms with E-state index in [-0.39, 0.29) is 16.9 Å². The molecule has 6 heteroatoms. The minimum atomic E-state index is -0.322. The highest BCUT2D eigenvalue weighted by Gasteiger charge is 2.31. The summed E-state index contributed by atoms with van der Waals surface area (Å²) in [7, 11) is 1.44. The lowest BCUT2D eigenvalue weighted by Gasteiger charge is -2.04. The first-order chi connectivity index (χ1) is 8.40. The van der Waals surface area contributed by atoms with Gasteiger partial charge in [0.05, 0.1) is 4.91 Å². The molecule has 18 heavy (non-hydrogen) atoms. The lowest BCUT2D eigenvalue weighted by atomic mass is 10.1. The summed E-state index contributed by atoms with van der Waals surface area (Å²) in [4.78, 5) is 24.5. The lowest BCUT2D eigenvalue weighted by molar-refractivity contribution is -0.121. The number of hydrogen-bond donors (Lipinski definition) is 1. The number of halogens is 1. The topological polar surface area (TPSA) is 57.6 Å². The number of likely N-dealkylation sites (N-methyl/N-ethyl adjacent to an activating group) is 1. The van der Waals surface area contributed by atoms with Gasteiger partial charge in [0, 0.05) is 11.5 Å². The third-order valence-electron chi connectivity index (χ3n) is 2.59. The van der Waals surface area contributed by atoms with Gasteiger partial charge in [-0.3, -0.25) is 14.5 Å². The van der Waals surface area contributed by atoms with Crippen LogP contribution in [0.5, 0.6) is 5.75 Å². The van der Waals surface area contributed by atoms with Crippen LogP contribution < -0.4 is 0 Å². The Morgan fingerprint density at radius 2 is 2.06 bits per heavy atom. The molecule has 1 fully saturated rings. The van der Waals surface area contributed by atoms with E-state index in [1.807, 2.05) is 0 Å². The number of phenols is 1. The summed E-state index contributed by atoms with van der Waals surface area (Å²) >= 11 is 4.26. The van der Waals surface area contributed by atoms with E-state index in [4.69, 9.17) is 0 Å². The molecule has 0 saturated carbocycles. The molecule has 0 atom stereocenters. The summed E-state index contributed by atoms with van der Waals surface area (Å²) in [6.45, 7) is 1.78. The number of rotatable bonds is 1. The first-order valence-corrected chi connectivity index (χ1v) is 6.72. The van der Waals surface area contributed by atoms with Crippen molar-refractivity contribution in [1.29, 1.82) is 0 Å². The molecule has 94 valence electrons. The molecule has 1 aromatic rings. The lowest BCUT2D eigenvalue weighted by Crippen LogP contribution is -2.22. The molecule has 1 N–H and O–H groups in total. The summed E-state index contributed by atoms with van der Waals surface area (Å²) < 4.78 is 0.765. The van der Waals surface area contributed by atoms with Crippen molar-refractivity contribution >= 4 is 44.9 Å². The van der Waals surface area contributed by atoms with E-state index in [2.05, 4.69) is 15.9 Å². The van der Waals surface area contributed by atoms with Crippen LogP contribution in [0.1, 0.15) is 11.1 Å². The number of benzene rings is 1. The van der Waals surface area contributed by atoms with Gasteiger partial charge in [0.2, 0.25) is 0 Å². The quantitative estimate of drug-likeness (QED) is 0.805. The first-order valence-electron chi connectivity index (χ1n) is 5.11. The van der Waals surface area contributed by atoms with Gasteiger partial charge >= 0.3 is 0 Å². The van der Waals surface area contributed by atoms with Gasteiger partial charge in [0.15, 0.2) is 0 Å². The predicted octanol–water partition coefficient (Wildman–Crippen LogP) is 3.13. The monoisotopic (exact) mass is 327 g/mol. The summed E-state index contributed by atoms with van der Waals surface area (Å²) in [6, 6.07) is 3.32. The van der Waals surface area contributed by atoms with Crippen molar-refractivity contribution in [1.82, 2.24) is 4.90 Å². The van der Waals surface area contributed by atoms with Gasteiger partial charge in [-0.25, -0.2) is 0 Å². The molecule has 4 nitrogen and oxygen atoms in total. The second-order valence-corrected chi connectivity index (χ2v) is 5.75. The number of phenolic OH excluding ortho intramolecular Hbond substituents is 1. The Kier molecular flexibility index (Phi) is 3.49. The van der Waals surface area contributed by atoms with Crippen molar-refractivity contribution in [2.24, 2.45) is 0 Å². The van der Waals surface area contributed by atoms with Gasteiger partial charge < -0.3 is 5.11 Å². The van der Waals surface area contributed by atoms with Crippen LogP contribution in [0.4, 0.5) is 4.79 Å². The Labute approximate surface area is 117 Å². The molecule has 1 heterocycles. The first kappa shape index (κ1) is 13.2. The molecule has 0 radical (unpaired) electrons. The molecule has 0 aliphatic carbocycles. The molecule has 1 aliphatic rings.